The Morgan fingerprint density at radius 3 is 2.37 bits per heavy atom. The van der Waals surface area contributed by atoms with Crippen LogP contribution in [0, 0.1) is 23.5 Å². The van der Waals surface area contributed by atoms with E-state index in [1.54, 1.807) is 6.07 Å². The fourth-order valence-electron chi connectivity index (χ4n) is 3.95. The standard InChI is InChI=1S/C20H30F2N4O/c1-14(2)25-7-5-15(12-25)10-23-20(27)24-11-16-6-8-26(13-16)17-3-4-18(21)19(22)9-17/h3-4,9,14-16H,5-8,10-13H2,1-2H3,(H2,23,24,27)/t15-,16+/m1/s1. The van der Waals surface area contributed by atoms with Gasteiger partial charge in [0, 0.05) is 50.5 Å². The zero-order valence-corrected chi connectivity index (χ0v) is 16.2. The molecule has 2 fully saturated rings. The molecule has 0 aromatic heterocycles. The van der Waals surface area contributed by atoms with Gasteiger partial charge in [0.2, 0.25) is 0 Å². The predicted molar refractivity (Wildman–Crippen MR) is 103 cm³/mol. The monoisotopic (exact) mass is 380 g/mol. The Kier molecular flexibility index (Phi) is 6.52. The summed E-state index contributed by atoms with van der Waals surface area (Å²) in [6, 6.07) is 4.43. The van der Waals surface area contributed by atoms with E-state index in [1.807, 2.05) is 4.90 Å². The molecule has 2 aliphatic heterocycles. The molecule has 0 aliphatic carbocycles. The number of benzene rings is 1. The van der Waals surface area contributed by atoms with E-state index >= 15 is 0 Å². The van der Waals surface area contributed by atoms with E-state index in [2.05, 4.69) is 29.4 Å². The molecule has 2 heterocycles. The number of amides is 2. The fraction of sp³-hybridized carbons (Fsp3) is 0.650. The van der Waals surface area contributed by atoms with Crippen LogP contribution in [-0.2, 0) is 0 Å². The lowest BCUT2D eigenvalue weighted by molar-refractivity contribution is 0.235. The molecule has 0 saturated carbocycles. The first-order valence-electron chi connectivity index (χ1n) is 9.88. The maximum atomic E-state index is 13.4. The summed E-state index contributed by atoms with van der Waals surface area (Å²) in [7, 11) is 0. The normalized spacial score (nSPS) is 23.2. The van der Waals surface area contributed by atoms with Crippen molar-refractivity contribution in [3.05, 3.63) is 29.8 Å². The van der Waals surface area contributed by atoms with Gasteiger partial charge in [0.1, 0.15) is 0 Å². The highest BCUT2D eigenvalue weighted by molar-refractivity contribution is 5.73. The van der Waals surface area contributed by atoms with Crippen LogP contribution in [0.5, 0.6) is 0 Å². The van der Waals surface area contributed by atoms with Crippen molar-refractivity contribution >= 4 is 11.7 Å². The first-order valence-corrected chi connectivity index (χ1v) is 9.88. The van der Waals surface area contributed by atoms with Crippen molar-refractivity contribution in [1.82, 2.24) is 15.5 Å². The molecule has 0 radical (unpaired) electrons. The van der Waals surface area contributed by atoms with Crippen LogP contribution >= 0.6 is 0 Å². The second kappa shape index (κ2) is 8.87. The number of carbonyl (C=O) groups excluding carboxylic acids is 1. The van der Waals surface area contributed by atoms with Crippen molar-refractivity contribution in [2.45, 2.75) is 32.7 Å². The second-order valence-electron chi connectivity index (χ2n) is 8.03. The van der Waals surface area contributed by atoms with Gasteiger partial charge in [-0.1, -0.05) is 0 Å². The van der Waals surface area contributed by atoms with Crippen LogP contribution in [0.3, 0.4) is 0 Å². The molecule has 3 rings (SSSR count). The predicted octanol–water partition coefficient (Wildman–Crippen LogP) is 2.82. The molecular formula is C20H30F2N4O. The van der Waals surface area contributed by atoms with E-state index in [9.17, 15) is 13.6 Å². The van der Waals surface area contributed by atoms with Crippen molar-refractivity contribution in [3.63, 3.8) is 0 Å². The van der Waals surface area contributed by atoms with Gasteiger partial charge in [-0.3, -0.25) is 0 Å². The highest BCUT2D eigenvalue weighted by Gasteiger charge is 2.26. The van der Waals surface area contributed by atoms with Crippen molar-refractivity contribution in [1.29, 1.82) is 0 Å². The number of carbonyl (C=O) groups is 1. The fourth-order valence-corrected chi connectivity index (χ4v) is 3.95. The van der Waals surface area contributed by atoms with Crippen LogP contribution in [0.15, 0.2) is 18.2 Å². The molecule has 2 N–H and O–H groups in total. The highest BCUT2D eigenvalue weighted by Crippen LogP contribution is 2.25. The lowest BCUT2D eigenvalue weighted by Gasteiger charge is -2.20. The lowest BCUT2D eigenvalue weighted by atomic mass is 10.1. The zero-order chi connectivity index (χ0) is 19.4. The summed E-state index contributed by atoms with van der Waals surface area (Å²) in [4.78, 5) is 16.5. The third kappa shape index (κ3) is 5.31. The van der Waals surface area contributed by atoms with Gasteiger partial charge >= 0.3 is 6.03 Å². The Balaban J connectivity index is 1.35. The Morgan fingerprint density at radius 1 is 1.07 bits per heavy atom. The first-order chi connectivity index (χ1) is 12.9. The molecular weight excluding hydrogens is 350 g/mol. The lowest BCUT2D eigenvalue weighted by Crippen LogP contribution is -2.41. The minimum absolute atomic E-state index is 0.121. The van der Waals surface area contributed by atoms with Crippen molar-refractivity contribution in [2.75, 3.05) is 44.2 Å². The van der Waals surface area contributed by atoms with Crippen LogP contribution in [0.1, 0.15) is 26.7 Å². The Labute approximate surface area is 160 Å². The second-order valence-corrected chi connectivity index (χ2v) is 8.03. The SMILES string of the molecule is CC(C)N1CC[C@H](CNC(=O)NC[C@@H]2CCN(c3ccc(F)c(F)c3)C2)C1. The van der Waals surface area contributed by atoms with Gasteiger partial charge in [0.05, 0.1) is 0 Å². The molecule has 2 saturated heterocycles. The van der Waals surface area contributed by atoms with Gasteiger partial charge in [0.25, 0.3) is 0 Å². The van der Waals surface area contributed by atoms with Crippen molar-refractivity contribution in [2.24, 2.45) is 11.8 Å². The quantitative estimate of drug-likeness (QED) is 0.798. The third-order valence-electron chi connectivity index (χ3n) is 5.70. The number of hydrogen-bond donors (Lipinski definition) is 2. The molecule has 150 valence electrons. The largest absolute Gasteiger partial charge is 0.371 e. The summed E-state index contributed by atoms with van der Waals surface area (Å²) in [5.74, 6) is -0.816. The molecule has 2 aliphatic rings. The number of nitrogens with one attached hydrogen (secondary N) is 2. The molecule has 0 spiro atoms. The van der Waals surface area contributed by atoms with Crippen molar-refractivity contribution < 1.29 is 13.6 Å². The Morgan fingerprint density at radius 2 is 1.74 bits per heavy atom. The Bertz CT molecular complexity index is 655. The van der Waals surface area contributed by atoms with Crippen LogP contribution in [0.2, 0.25) is 0 Å². The van der Waals surface area contributed by atoms with E-state index in [-0.39, 0.29) is 6.03 Å². The van der Waals surface area contributed by atoms with Gasteiger partial charge in [0.15, 0.2) is 11.6 Å². The number of rotatable bonds is 6. The Hall–Kier alpha value is -1.89. The molecule has 27 heavy (non-hydrogen) atoms. The van der Waals surface area contributed by atoms with Crippen LogP contribution in [0.4, 0.5) is 19.3 Å². The van der Waals surface area contributed by atoms with E-state index in [0.717, 1.165) is 45.1 Å². The molecule has 7 heteroatoms. The number of anilines is 1. The van der Waals surface area contributed by atoms with E-state index in [0.29, 0.717) is 36.7 Å². The molecule has 0 unspecified atom stereocenters. The first kappa shape index (κ1) is 19.9. The maximum Gasteiger partial charge on any atom is 0.314 e. The average Bonchev–Trinajstić information content (AvgIpc) is 3.30. The third-order valence-corrected chi connectivity index (χ3v) is 5.70. The molecule has 2 atom stereocenters. The average molecular weight is 380 g/mol. The van der Waals surface area contributed by atoms with Gasteiger partial charge in [-0.2, -0.15) is 0 Å². The summed E-state index contributed by atoms with van der Waals surface area (Å²) in [6.07, 6.45) is 2.05. The summed E-state index contributed by atoms with van der Waals surface area (Å²) < 4.78 is 26.5. The van der Waals surface area contributed by atoms with Crippen LogP contribution in [-0.4, -0.2) is 56.2 Å². The van der Waals surface area contributed by atoms with Gasteiger partial charge < -0.3 is 20.4 Å². The maximum absolute atomic E-state index is 13.4. The number of halogens is 2. The zero-order valence-electron chi connectivity index (χ0n) is 16.2. The minimum atomic E-state index is -0.827. The molecule has 1 aromatic carbocycles. The topological polar surface area (TPSA) is 47.6 Å². The van der Waals surface area contributed by atoms with E-state index in [1.165, 1.54) is 6.07 Å². The molecule has 0 bridgehead atoms. The number of hydrogen-bond acceptors (Lipinski definition) is 3. The van der Waals surface area contributed by atoms with Crippen molar-refractivity contribution in [3.8, 4) is 0 Å². The minimum Gasteiger partial charge on any atom is -0.371 e. The van der Waals surface area contributed by atoms with E-state index in [4.69, 9.17) is 0 Å². The molecule has 1 aromatic rings. The number of likely N-dealkylation sites (tertiary alicyclic amines) is 1. The van der Waals surface area contributed by atoms with Crippen LogP contribution in [0.25, 0.3) is 0 Å². The summed E-state index contributed by atoms with van der Waals surface area (Å²) >= 11 is 0. The summed E-state index contributed by atoms with van der Waals surface area (Å²) in [6.45, 7) is 9.37. The van der Waals surface area contributed by atoms with E-state index < -0.39 is 11.6 Å². The van der Waals surface area contributed by atoms with Gasteiger partial charge in [-0.25, -0.2) is 13.6 Å². The van der Waals surface area contributed by atoms with Gasteiger partial charge in [-0.15, -0.1) is 0 Å². The number of nitrogens with zero attached hydrogens (tertiary/aromatic N) is 2. The number of urea groups is 1. The molecule has 5 nitrogen and oxygen atoms in total. The summed E-state index contributed by atoms with van der Waals surface area (Å²) in [5, 5.41) is 5.93. The highest BCUT2D eigenvalue weighted by atomic mass is 19.2. The summed E-state index contributed by atoms with van der Waals surface area (Å²) in [5.41, 5.74) is 0.691. The smallest absolute Gasteiger partial charge is 0.314 e. The molecule has 2 amide bonds. The van der Waals surface area contributed by atoms with Gasteiger partial charge in [-0.05, 0) is 57.2 Å². The van der Waals surface area contributed by atoms with Crippen LogP contribution < -0.4 is 15.5 Å².